The van der Waals surface area contributed by atoms with Crippen molar-refractivity contribution in [3.63, 3.8) is 0 Å². The molecular formula is C46H45N3O. The highest BCUT2D eigenvalue weighted by molar-refractivity contribution is 6.10. The minimum Gasteiger partial charge on any atom is -0.457 e. The van der Waals surface area contributed by atoms with E-state index < -0.39 is 13.7 Å². The summed E-state index contributed by atoms with van der Waals surface area (Å²) in [6, 6.07) is 33.7. The van der Waals surface area contributed by atoms with E-state index in [9.17, 15) is 0 Å². The lowest BCUT2D eigenvalue weighted by molar-refractivity contribution is 0.167. The van der Waals surface area contributed by atoms with Gasteiger partial charge in [-0.1, -0.05) is 69.3 Å². The number of pyridine rings is 2. The lowest BCUT2D eigenvalue weighted by atomic mass is 9.65. The molecule has 0 aliphatic heterocycles. The Labute approximate surface area is 304 Å². The summed E-state index contributed by atoms with van der Waals surface area (Å²) < 4.78 is 57.1. The Balaban J connectivity index is 1.21. The summed E-state index contributed by atoms with van der Waals surface area (Å²) in [5.74, 6) is 2.62. The Morgan fingerprint density at radius 3 is 2.34 bits per heavy atom. The minimum atomic E-state index is -2.67. The minimum absolute atomic E-state index is 0.253. The maximum Gasteiger partial charge on any atom is 0.137 e. The van der Waals surface area contributed by atoms with E-state index in [-0.39, 0.29) is 11.1 Å². The van der Waals surface area contributed by atoms with E-state index in [4.69, 9.17) is 17.9 Å². The van der Waals surface area contributed by atoms with Gasteiger partial charge in [0.25, 0.3) is 0 Å². The number of fused-ring (bicyclic) bond motifs is 3. The molecule has 0 N–H and O–H groups in total. The summed E-state index contributed by atoms with van der Waals surface area (Å²) in [5, 5.41) is 1.84. The van der Waals surface area contributed by atoms with Crippen LogP contribution in [0.3, 0.4) is 0 Å². The first-order valence-electron chi connectivity index (χ1n) is 20.5. The van der Waals surface area contributed by atoms with E-state index in [0.29, 0.717) is 34.6 Å². The second-order valence-corrected chi connectivity index (χ2v) is 14.7. The van der Waals surface area contributed by atoms with E-state index >= 15 is 0 Å². The molecule has 0 saturated heterocycles. The van der Waals surface area contributed by atoms with Gasteiger partial charge in [0.2, 0.25) is 0 Å². The zero-order valence-corrected chi connectivity index (χ0v) is 29.0. The van der Waals surface area contributed by atoms with Gasteiger partial charge in [0.1, 0.15) is 17.3 Å². The van der Waals surface area contributed by atoms with Gasteiger partial charge in [0.15, 0.2) is 0 Å². The van der Waals surface area contributed by atoms with Crippen LogP contribution in [-0.4, -0.2) is 14.5 Å². The van der Waals surface area contributed by atoms with Crippen molar-refractivity contribution in [1.29, 1.82) is 0 Å². The maximum absolute atomic E-state index is 8.22. The van der Waals surface area contributed by atoms with Crippen molar-refractivity contribution < 1.29 is 13.0 Å². The highest BCUT2D eigenvalue weighted by atomic mass is 16.5. The quantitative estimate of drug-likeness (QED) is 0.178. The summed E-state index contributed by atoms with van der Waals surface area (Å²) >= 11 is 0. The SMILES string of the molecule is [2H]C([2H])([2H])c1cnc(-n2c3ccc(-c4ccccc4)cc3c3ccc(Oc4cccc(-c5cc(C6CCC(C)(C)CC6C)c(C)cn5)c4)cc32)cc1C([2H])([2H])[2H]. The van der Waals surface area contributed by atoms with Crippen LogP contribution in [-0.2, 0) is 0 Å². The van der Waals surface area contributed by atoms with Crippen molar-refractivity contribution in [1.82, 2.24) is 14.5 Å². The zero-order chi connectivity index (χ0) is 39.6. The van der Waals surface area contributed by atoms with Crippen LogP contribution in [0, 0.1) is 32.0 Å². The molecule has 4 aromatic carbocycles. The Morgan fingerprint density at radius 2 is 1.52 bits per heavy atom. The molecule has 0 bridgehead atoms. The lowest BCUT2D eigenvalue weighted by Gasteiger charge is -2.40. The molecular weight excluding hydrogens is 611 g/mol. The molecule has 4 nitrogen and oxygen atoms in total. The van der Waals surface area contributed by atoms with Gasteiger partial charge in [-0.2, -0.15) is 0 Å². The van der Waals surface area contributed by atoms with Gasteiger partial charge in [-0.05, 0) is 139 Å². The van der Waals surface area contributed by atoms with Crippen molar-refractivity contribution in [3.8, 4) is 39.7 Å². The van der Waals surface area contributed by atoms with Crippen molar-refractivity contribution in [2.45, 2.75) is 66.6 Å². The van der Waals surface area contributed by atoms with Crippen molar-refractivity contribution in [2.24, 2.45) is 11.3 Å². The van der Waals surface area contributed by atoms with Gasteiger partial charge in [0, 0.05) is 43.0 Å². The molecule has 1 aliphatic carbocycles. The zero-order valence-electron chi connectivity index (χ0n) is 35.0. The van der Waals surface area contributed by atoms with Gasteiger partial charge < -0.3 is 4.74 Å². The molecule has 3 aromatic heterocycles. The molecule has 8 rings (SSSR count). The molecule has 0 spiro atoms. The number of aryl methyl sites for hydroxylation is 3. The van der Waals surface area contributed by atoms with Gasteiger partial charge in [-0.25, -0.2) is 4.98 Å². The Bertz CT molecular complexity index is 2590. The number of hydrogen-bond donors (Lipinski definition) is 0. The smallest absolute Gasteiger partial charge is 0.137 e. The topological polar surface area (TPSA) is 39.9 Å². The molecule has 1 saturated carbocycles. The van der Waals surface area contributed by atoms with Gasteiger partial charge in [-0.15, -0.1) is 0 Å². The summed E-state index contributed by atoms with van der Waals surface area (Å²) in [6.07, 6.45) is 6.76. The summed E-state index contributed by atoms with van der Waals surface area (Å²) in [4.78, 5) is 9.41. The summed E-state index contributed by atoms with van der Waals surface area (Å²) in [5.41, 5.74) is 7.93. The second kappa shape index (κ2) is 12.6. The van der Waals surface area contributed by atoms with Crippen LogP contribution in [0.2, 0.25) is 0 Å². The highest BCUT2D eigenvalue weighted by Gasteiger charge is 2.34. The fraction of sp³-hybridized carbons (Fsp3) is 0.261. The molecule has 1 aliphatic rings. The predicted octanol–water partition coefficient (Wildman–Crippen LogP) is 12.6. The predicted molar refractivity (Wildman–Crippen MR) is 208 cm³/mol. The van der Waals surface area contributed by atoms with E-state index in [1.165, 1.54) is 42.7 Å². The van der Waals surface area contributed by atoms with E-state index in [0.717, 1.165) is 44.2 Å². The van der Waals surface area contributed by atoms with Crippen LogP contribution in [0.4, 0.5) is 0 Å². The molecule has 4 heteroatoms. The maximum atomic E-state index is 8.22. The number of rotatable bonds is 6. The molecule has 3 heterocycles. The van der Waals surface area contributed by atoms with Gasteiger partial charge in [0.05, 0.1) is 16.7 Å². The third-order valence-corrected chi connectivity index (χ3v) is 10.6. The fourth-order valence-electron chi connectivity index (χ4n) is 8.05. The Kier molecular flexibility index (Phi) is 6.47. The van der Waals surface area contributed by atoms with Gasteiger partial charge >= 0.3 is 0 Å². The monoisotopic (exact) mass is 661 g/mol. The Morgan fingerprint density at radius 1 is 0.720 bits per heavy atom. The van der Waals surface area contributed by atoms with E-state index in [2.05, 4.69) is 63.0 Å². The van der Waals surface area contributed by atoms with Crippen LogP contribution in [0.5, 0.6) is 11.5 Å². The average Bonchev–Trinajstić information content (AvgIpc) is 3.47. The molecule has 1 fully saturated rings. The lowest BCUT2D eigenvalue weighted by Crippen LogP contribution is -2.27. The van der Waals surface area contributed by atoms with Crippen molar-refractivity contribution in [2.75, 3.05) is 0 Å². The van der Waals surface area contributed by atoms with Crippen LogP contribution >= 0.6 is 0 Å². The van der Waals surface area contributed by atoms with Crippen LogP contribution < -0.4 is 4.74 Å². The standard InChI is InChI=1S/C46H45N3O/c1-29-21-45(48-27-31(29)3)49-43-18-15-34(33-11-8-7-9-12-33)23-41(43)39-17-16-37(24-44(39)49)50-36-14-10-13-35(22-36)42-25-40(32(4)28-47-42)38-19-20-46(5,6)26-30(38)2/h7-18,21-25,27-28,30,38H,19-20,26H2,1-6H3/i1D3,3D3. The summed E-state index contributed by atoms with van der Waals surface area (Å²) in [6.45, 7) is 3.99. The highest BCUT2D eigenvalue weighted by Crippen LogP contribution is 2.47. The number of benzene rings is 4. The number of nitrogens with zero attached hydrogens (tertiary/aromatic N) is 3. The van der Waals surface area contributed by atoms with Crippen LogP contribution in [0.25, 0.3) is 50.0 Å². The third kappa shape index (κ3) is 5.98. The summed E-state index contributed by atoms with van der Waals surface area (Å²) in [7, 11) is 0. The fourth-order valence-corrected chi connectivity index (χ4v) is 8.05. The molecule has 0 radical (unpaired) electrons. The number of ether oxygens (including phenoxy) is 1. The largest absolute Gasteiger partial charge is 0.457 e. The average molecular weight is 662 g/mol. The number of hydrogen-bond acceptors (Lipinski definition) is 3. The van der Waals surface area contributed by atoms with Crippen molar-refractivity contribution in [3.05, 3.63) is 138 Å². The molecule has 250 valence electrons. The van der Waals surface area contributed by atoms with Crippen molar-refractivity contribution >= 4 is 21.8 Å². The molecule has 2 unspecified atom stereocenters. The van der Waals surface area contributed by atoms with Crippen LogP contribution in [0.15, 0.2) is 116 Å². The van der Waals surface area contributed by atoms with Crippen LogP contribution in [0.1, 0.15) is 76.4 Å². The van der Waals surface area contributed by atoms with E-state index in [1.54, 1.807) is 0 Å². The Hall–Kier alpha value is -5.22. The normalized spacial score (nSPS) is 19.6. The molecule has 7 aromatic rings. The first kappa shape index (κ1) is 25.7. The number of aromatic nitrogens is 3. The van der Waals surface area contributed by atoms with Gasteiger partial charge in [-0.3, -0.25) is 9.55 Å². The second-order valence-electron chi connectivity index (χ2n) is 14.7. The molecule has 50 heavy (non-hydrogen) atoms. The molecule has 0 amide bonds. The van der Waals surface area contributed by atoms with E-state index in [1.807, 2.05) is 77.5 Å². The first-order valence-corrected chi connectivity index (χ1v) is 17.5. The molecule has 2 atom stereocenters. The third-order valence-electron chi connectivity index (χ3n) is 10.6. The first-order chi connectivity index (χ1) is 26.6.